The predicted molar refractivity (Wildman–Crippen MR) is 83.1 cm³/mol. The zero-order valence-electron chi connectivity index (χ0n) is 13.5. The highest BCUT2D eigenvalue weighted by Crippen LogP contribution is 2.17. The molecule has 0 bridgehead atoms. The minimum absolute atomic E-state index is 0.332. The van der Waals surface area contributed by atoms with E-state index in [0.717, 1.165) is 51.6 Å². The van der Waals surface area contributed by atoms with Crippen molar-refractivity contribution in [3.63, 3.8) is 0 Å². The fraction of sp³-hybridized carbons (Fsp3) is 0.938. The highest BCUT2D eigenvalue weighted by molar-refractivity contribution is 5.76. The number of amides is 1. The molecule has 1 amide bonds. The molecular weight excluding hydrogens is 236 g/mol. The molecule has 2 N–H and O–H groups in total. The maximum atomic E-state index is 12.4. The molecule has 2 atom stereocenters. The predicted octanol–water partition coefficient (Wildman–Crippen LogP) is 3.57. The highest BCUT2D eigenvalue weighted by Gasteiger charge is 2.19. The van der Waals surface area contributed by atoms with Gasteiger partial charge < -0.3 is 10.6 Å². The Kier molecular flexibility index (Phi) is 10.9. The monoisotopic (exact) mass is 270 g/mol. The van der Waals surface area contributed by atoms with Crippen LogP contribution < -0.4 is 5.73 Å². The van der Waals surface area contributed by atoms with Crippen LogP contribution in [-0.2, 0) is 4.79 Å². The Morgan fingerprint density at radius 2 is 1.84 bits per heavy atom. The van der Waals surface area contributed by atoms with Gasteiger partial charge in [-0.3, -0.25) is 4.79 Å². The van der Waals surface area contributed by atoms with Crippen LogP contribution in [0.1, 0.15) is 72.6 Å². The standard InChI is InChI=1S/C16H34N2O/c1-5-8-13-18(14(4)6-2)16(19)10-9-15(7-3)11-12-17/h14-15H,5-13,17H2,1-4H3. The van der Waals surface area contributed by atoms with Gasteiger partial charge in [-0.1, -0.05) is 33.6 Å². The summed E-state index contributed by atoms with van der Waals surface area (Å²) < 4.78 is 0. The summed E-state index contributed by atoms with van der Waals surface area (Å²) in [5, 5.41) is 0. The average Bonchev–Trinajstić information content (AvgIpc) is 2.43. The first-order valence-corrected chi connectivity index (χ1v) is 8.10. The van der Waals surface area contributed by atoms with Gasteiger partial charge >= 0.3 is 0 Å². The fourth-order valence-electron chi connectivity index (χ4n) is 2.40. The van der Waals surface area contributed by atoms with Crippen LogP contribution in [0.4, 0.5) is 0 Å². The number of nitrogens with zero attached hydrogens (tertiary/aromatic N) is 1. The third-order valence-electron chi connectivity index (χ3n) is 4.11. The van der Waals surface area contributed by atoms with Gasteiger partial charge in [0.2, 0.25) is 5.91 Å². The Hall–Kier alpha value is -0.570. The number of hydrogen-bond donors (Lipinski definition) is 1. The summed E-state index contributed by atoms with van der Waals surface area (Å²) in [5.41, 5.74) is 5.61. The van der Waals surface area contributed by atoms with Crippen molar-refractivity contribution in [1.82, 2.24) is 4.90 Å². The van der Waals surface area contributed by atoms with Crippen molar-refractivity contribution in [2.75, 3.05) is 13.1 Å². The molecule has 0 aromatic rings. The van der Waals surface area contributed by atoms with Crippen molar-refractivity contribution in [3.05, 3.63) is 0 Å². The SMILES string of the molecule is CCCCN(C(=O)CCC(CC)CCN)C(C)CC. The topological polar surface area (TPSA) is 46.3 Å². The summed E-state index contributed by atoms with van der Waals surface area (Å²) in [7, 11) is 0. The molecular formula is C16H34N2O. The van der Waals surface area contributed by atoms with E-state index in [-0.39, 0.29) is 0 Å². The Labute approximate surface area is 119 Å². The van der Waals surface area contributed by atoms with Crippen LogP contribution in [0.2, 0.25) is 0 Å². The molecule has 0 aliphatic rings. The van der Waals surface area contributed by atoms with Gasteiger partial charge in [0, 0.05) is 19.0 Å². The van der Waals surface area contributed by atoms with Crippen LogP contribution in [0.25, 0.3) is 0 Å². The van der Waals surface area contributed by atoms with E-state index in [2.05, 4.69) is 32.6 Å². The molecule has 0 saturated heterocycles. The van der Waals surface area contributed by atoms with Crippen molar-refractivity contribution < 1.29 is 4.79 Å². The first kappa shape index (κ1) is 18.4. The van der Waals surface area contributed by atoms with Crippen LogP contribution in [0, 0.1) is 5.92 Å². The number of nitrogens with two attached hydrogens (primary N) is 1. The van der Waals surface area contributed by atoms with Crippen LogP contribution in [0.5, 0.6) is 0 Å². The molecule has 0 saturated carbocycles. The van der Waals surface area contributed by atoms with Crippen LogP contribution in [-0.4, -0.2) is 29.9 Å². The van der Waals surface area contributed by atoms with E-state index in [4.69, 9.17) is 5.73 Å². The lowest BCUT2D eigenvalue weighted by Gasteiger charge is -2.29. The van der Waals surface area contributed by atoms with E-state index in [1.54, 1.807) is 0 Å². The third-order valence-corrected chi connectivity index (χ3v) is 4.11. The van der Waals surface area contributed by atoms with Gasteiger partial charge in [-0.25, -0.2) is 0 Å². The molecule has 3 nitrogen and oxygen atoms in total. The molecule has 0 aromatic heterocycles. The summed E-state index contributed by atoms with van der Waals surface area (Å²) in [6.07, 6.45) is 7.14. The lowest BCUT2D eigenvalue weighted by atomic mass is 9.96. The zero-order chi connectivity index (χ0) is 14.7. The zero-order valence-corrected chi connectivity index (χ0v) is 13.5. The second-order valence-corrected chi connectivity index (χ2v) is 5.59. The smallest absolute Gasteiger partial charge is 0.222 e. The second-order valence-electron chi connectivity index (χ2n) is 5.59. The fourth-order valence-corrected chi connectivity index (χ4v) is 2.40. The first-order chi connectivity index (χ1) is 9.10. The Balaban J connectivity index is 4.29. The average molecular weight is 270 g/mol. The maximum absolute atomic E-state index is 12.4. The summed E-state index contributed by atoms with van der Waals surface area (Å²) in [6, 6.07) is 0.369. The van der Waals surface area contributed by atoms with Gasteiger partial charge in [-0.05, 0) is 45.1 Å². The summed E-state index contributed by atoms with van der Waals surface area (Å²) in [4.78, 5) is 14.5. The summed E-state index contributed by atoms with van der Waals surface area (Å²) >= 11 is 0. The quantitative estimate of drug-likeness (QED) is 0.624. The Morgan fingerprint density at radius 3 is 2.32 bits per heavy atom. The maximum Gasteiger partial charge on any atom is 0.222 e. The lowest BCUT2D eigenvalue weighted by molar-refractivity contribution is -0.133. The van der Waals surface area contributed by atoms with Gasteiger partial charge in [0.05, 0.1) is 0 Å². The van der Waals surface area contributed by atoms with E-state index in [1.807, 2.05) is 0 Å². The van der Waals surface area contributed by atoms with E-state index >= 15 is 0 Å². The van der Waals surface area contributed by atoms with Crippen molar-refractivity contribution in [2.45, 2.75) is 78.7 Å². The normalized spacial score (nSPS) is 14.2. The summed E-state index contributed by atoms with van der Waals surface area (Å²) in [5.74, 6) is 0.942. The minimum Gasteiger partial charge on any atom is -0.340 e. The van der Waals surface area contributed by atoms with Crippen molar-refractivity contribution in [3.8, 4) is 0 Å². The number of carbonyl (C=O) groups is 1. The van der Waals surface area contributed by atoms with Crippen LogP contribution in [0.15, 0.2) is 0 Å². The van der Waals surface area contributed by atoms with Gasteiger partial charge in [-0.15, -0.1) is 0 Å². The van der Waals surface area contributed by atoms with Crippen molar-refractivity contribution in [2.24, 2.45) is 11.7 Å². The van der Waals surface area contributed by atoms with Crippen LogP contribution in [0.3, 0.4) is 0 Å². The molecule has 19 heavy (non-hydrogen) atoms. The number of unbranched alkanes of at least 4 members (excludes halogenated alkanes) is 1. The number of rotatable bonds is 11. The molecule has 0 fully saturated rings. The minimum atomic E-state index is 0.332. The van der Waals surface area contributed by atoms with Gasteiger partial charge in [0.1, 0.15) is 0 Å². The van der Waals surface area contributed by atoms with E-state index < -0.39 is 0 Å². The molecule has 3 heteroatoms. The molecule has 0 rings (SSSR count). The molecule has 0 aliphatic heterocycles. The second kappa shape index (κ2) is 11.3. The molecule has 0 spiro atoms. The summed E-state index contributed by atoms with van der Waals surface area (Å²) in [6.45, 7) is 10.3. The largest absolute Gasteiger partial charge is 0.340 e. The molecule has 0 radical (unpaired) electrons. The van der Waals surface area contributed by atoms with E-state index in [0.29, 0.717) is 24.3 Å². The van der Waals surface area contributed by atoms with Crippen LogP contribution >= 0.6 is 0 Å². The first-order valence-electron chi connectivity index (χ1n) is 8.10. The molecule has 0 aliphatic carbocycles. The third kappa shape index (κ3) is 7.56. The Morgan fingerprint density at radius 1 is 1.16 bits per heavy atom. The van der Waals surface area contributed by atoms with E-state index in [9.17, 15) is 4.79 Å². The Bertz CT molecular complexity index is 231. The van der Waals surface area contributed by atoms with Crippen molar-refractivity contribution >= 4 is 5.91 Å². The number of carbonyl (C=O) groups excluding carboxylic acids is 1. The van der Waals surface area contributed by atoms with Gasteiger partial charge in [-0.2, -0.15) is 0 Å². The molecule has 0 aromatic carbocycles. The lowest BCUT2D eigenvalue weighted by Crippen LogP contribution is -2.39. The van der Waals surface area contributed by atoms with Crippen molar-refractivity contribution in [1.29, 1.82) is 0 Å². The van der Waals surface area contributed by atoms with E-state index in [1.165, 1.54) is 0 Å². The molecule has 2 unspecified atom stereocenters. The highest BCUT2D eigenvalue weighted by atomic mass is 16.2. The number of hydrogen-bond acceptors (Lipinski definition) is 2. The van der Waals surface area contributed by atoms with Gasteiger partial charge in [0.25, 0.3) is 0 Å². The van der Waals surface area contributed by atoms with Gasteiger partial charge in [0.15, 0.2) is 0 Å². The molecule has 114 valence electrons. The molecule has 0 heterocycles.